The summed E-state index contributed by atoms with van der Waals surface area (Å²) < 4.78 is 30.7. The first-order chi connectivity index (χ1) is 7.53. The number of hydrogen-bond acceptors (Lipinski definition) is 0. The van der Waals surface area contributed by atoms with E-state index in [1.54, 1.807) is 27.7 Å². The first kappa shape index (κ1) is 13.5. The van der Waals surface area contributed by atoms with Crippen LogP contribution in [0.1, 0.15) is 38.8 Å². The molecule has 0 N–H and O–H groups in total. The summed E-state index contributed by atoms with van der Waals surface area (Å²) in [5, 5.41) is 0. The summed E-state index contributed by atoms with van der Waals surface area (Å²) >= 11 is 6.77. The minimum atomic E-state index is -2.76. The highest BCUT2D eigenvalue weighted by Gasteiger charge is 2.65. The Kier molecular flexibility index (Phi) is 2.80. The van der Waals surface area contributed by atoms with Gasteiger partial charge in [-0.05, 0) is 82.8 Å². The van der Waals surface area contributed by atoms with Crippen molar-refractivity contribution in [3.05, 3.63) is 32.2 Å². The number of benzene rings is 1. The topological polar surface area (TPSA) is 0 Å². The normalized spacial score (nSPS) is 23.5. The lowest BCUT2D eigenvalue weighted by Crippen LogP contribution is -2.46. The van der Waals surface area contributed by atoms with E-state index in [4.69, 9.17) is 0 Å². The van der Waals surface area contributed by atoms with Gasteiger partial charge in [0.05, 0.1) is 10.8 Å². The zero-order chi connectivity index (χ0) is 13.2. The van der Waals surface area contributed by atoms with Crippen molar-refractivity contribution in [1.82, 2.24) is 0 Å². The van der Waals surface area contributed by atoms with Gasteiger partial charge in [-0.2, -0.15) is 0 Å². The van der Waals surface area contributed by atoms with Gasteiger partial charge in [-0.25, -0.2) is 8.78 Å². The van der Waals surface area contributed by atoms with Crippen LogP contribution in [0.2, 0.25) is 0 Å². The van der Waals surface area contributed by atoms with Crippen LogP contribution in [-0.4, -0.2) is 5.92 Å². The third-order valence-corrected chi connectivity index (χ3v) is 5.82. The average molecular weight is 368 g/mol. The number of hydrogen-bond donors (Lipinski definition) is 0. The lowest BCUT2D eigenvalue weighted by Gasteiger charge is -2.35. The zero-order valence-corrected chi connectivity index (χ0v) is 13.3. The quantitative estimate of drug-likeness (QED) is 0.574. The second-order valence-electron chi connectivity index (χ2n) is 5.64. The molecule has 1 aliphatic carbocycles. The van der Waals surface area contributed by atoms with Crippen molar-refractivity contribution in [3.63, 3.8) is 0 Å². The van der Waals surface area contributed by atoms with E-state index in [1.165, 1.54) is 0 Å². The molecule has 1 aliphatic rings. The van der Waals surface area contributed by atoms with Gasteiger partial charge in [-0.15, -0.1) is 0 Å². The summed E-state index contributed by atoms with van der Waals surface area (Å²) in [5.41, 5.74) is -0.838. The van der Waals surface area contributed by atoms with Crippen LogP contribution < -0.4 is 0 Å². The van der Waals surface area contributed by atoms with Crippen LogP contribution >= 0.6 is 31.9 Å². The summed E-state index contributed by atoms with van der Waals surface area (Å²) in [6.45, 7) is 6.45. The molecule has 0 nitrogen and oxygen atoms in total. The maximum Gasteiger partial charge on any atom is 0.266 e. The summed E-state index contributed by atoms with van der Waals surface area (Å²) in [6.07, 6.45) is 0. The highest BCUT2D eigenvalue weighted by atomic mass is 79.9. The fourth-order valence-corrected chi connectivity index (χ4v) is 3.39. The molecule has 1 aromatic rings. The number of fused-ring (bicyclic) bond motifs is 1. The standard InChI is InChI=1S/C13H14Br2F2/c1-11(2)7-5-9(14)10(15)6-8(7)12(3,4)13(11,16)17/h5-6H,1-4H3. The largest absolute Gasteiger partial charge is 0.266 e. The van der Waals surface area contributed by atoms with Crippen molar-refractivity contribution in [2.45, 2.75) is 44.4 Å². The molecule has 0 saturated heterocycles. The molecule has 0 fully saturated rings. The Morgan fingerprint density at radius 3 is 1.41 bits per heavy atom. The van der Waals surface area contributed by atoms with Gasteiger partial charge in [0.1, 0.15) is 0 Å². The Hall–Kier alpha value is 0.0400. The smallest absolute Gasteiger partial charge is 0.205 e. The van der Waals surface area contributed by atoms with Gasteiger partial charge in [-0.1, -0.05) is 0 Å². The third kappa shape index (κ3) is 1.49. The SMILES string of the molecule is CC1(C)c2cc(Br)c(Br)cc2C(C)(C)C1(F)F. The Labute approximate surface area is 117 Å². The molecule has 4 heteroatoms. The van der Waals surface area contributed by atoms with Gasteiger partial charge in [0.15, 0.2) is 0 Å². The van der Waals surface area contributed by atoms with Gasteiger partial charge < -0.3 is 0 Å². The predicted molar refractivity (Wildman–Crippen MR) is 72.8 cm³/mol. The Balaban J connectivity index is 2.83. The average Bonchev–Trinajstić information content (AvgIpc) is 2.28. The van der Waals surface area contributed by atoms with Crippen LogP contribution in [0.4, 0.5) is 8.78 Å². The summed E-state index contributed by atoms with van der Waals surface area (Å²) in [5.74, 6) is -2.76. The van der Waals surface area contributed by atoms with Crippen LogP contribution in [0.5, 0.6) is 0 Å². The van der Waals surface area contributed by atoms with E-state index in [2.05, 4.69) is 31.9 Å². The number of rotatable bonds is 0. The van der Waals surface area contributed by atoms with E-state index in [1.807, 2.05) is 12.1 Å². The minimum Gasteiger partial charge on any atom is -0.205 e. The van der Waals surface area contributed by atoms with Gasteiger partial charge in [0.2, 0.25) is 0 Å². The van der Waals surface area contributed by atoms with Gasteiger partial charge in [0.25, 0.3) is 5.92 Å². The molecule has 0 aromatic heterocycles. The Morgan fingerprint density at radius 2 is 1.12 bits per heavy atom. The Morgan fingerprint density at radius 1 is 0.824 bits per heavy atom. The first-order valence-electron chi connectivity index (χ1n) is 5.41. The van der Waals surface area contributed by atoms with E-state index >= 15 is 0 Å². The number of alkyl halides is 2. The fraction of sp³-hybridized carbons (Fsp3) is 0.538. The van der Waals surface area contributed by atoms with Crippen LogP contribution in [0.15, 0.2) is 21.1 Å². The molecular formula is C13H14Br2F2. The Bertz CT molecular complexity index is 447. The van der Waals surface area contributed by atoms with Crippen molar-refractivity contribution in [1.29, 1.82) is 0 Å². The van der Waals surface area contributed by atoms with E-state index in [0.717, 1.165) is 20.1 Å². The van der Waals surface area contributed by atoms with E-state index < -0.39 is 16.8 Å². The van der Waals surface area contributed by atoms with Crippen molar-refractivity contribution in [3.8, 4) is 0 Å². The molecule has 94 valence electrons. The van der Waals surface area contributed by atoms with Crippen molar-refractivity contribution in [2.24, 2.45) is 0 Å². The summed E-state index contributed by atoms with van der Waals surface area (Å²) in [4.78, 5) is 0. The van der Waals surface area contributed by atoms with Crippen molar-refractivity contribution >= 4 is 31.9 Å². The molecule has 0 heterocycles. The molecule has 0 atom stereocenters. The van der Waals surface area contributed by atoms with Crippen LogP contribution in [0.25, 0.3) is 0 Å². The third-order valence-electron chi connectivity index (χ3n) is 3.98. The lowest BCUT2D eigenvalue weighted by molar-refractivity contribution is -0.105. The molecule has 0 spiro atoms. The summed E-state index contributed by atoms with van der Waals surface area (Å²) in [7, 11) is 0. The van der Waals surface area contributed by atoms with Gasteiger partial charge >= 0.3 is 0 Å². The molecule has 0 aliphatic heterocycles. The first-order valence-corrected chi connectivity index (χ1v) is 7.00. The monoisotopic (exact) mass is 366 g/mol. The van der Waals surface area contributed by atoms with Crippen LogP contribution in [0, 0.1) is 0 Å². The molecule has 0 bridgehead atoms. The fourth-order valence-electron chi connectivity index (χ4n) is 2.70. The molecule has 0 amide bonds. The molecule has 0 unspecified atom stereocenters. The van der Waals surface area contributed by atoms with Gasteiger partial charge in [-0.3, -0.25) is 0 Å². The maximum atomic E-state index is 14.5. The van der Waals surface area contributed by atoms with Crippen molar-refractivity contribution in [2.75, 3.05) is 0 Å². The molecule has 17 heavy (non-hydrogen) atoms. The second-order valence-corrected chi connectivity index (χ2v) is 7.34. The van der Waals surface area contributed by atoms with E-state index in [0.29, 0.717) is 0 Å². The summed E-state index contributed by atoms with van der Waals surface area (Å²) in [6, 6.07) is 3.62. The molecule has 2 rings (SSSR count). The van der Waals surface area contributed by atoms with Gasteiger partial charge in [0, 0.05) is 8.95 Å². The molecule has 0 saturated carbocycles. The molecule has 0 radical (unpaired) electrons. The molecule has 1 aromatic carbocycles. The second kappa shape index (κ2) is 3.53. The predicted octanol–water partition coefficient (Wildman–Crippen LogP) is 5.42. The number of halogens is 4. The van der Waals surface area contributed by atoms with Crippen molar-refractivity contribution < 1.29 is 8.78 Å². The van der Waals surface area contributed by atoms with Crippen LogP contribution in [-0.2, 0) is 10.8 Å². The highest BCUT2D eigenvalue weighted by molar-refractivity contribution is 9.13. The lowest BCUT2D eigenvalue weighted by atomic mass is 9.77. The zero-order valence-electron chi connectivity index (χ0n) is 10.2. The van der Waals surface area contributed by atoms with E-state index in [-0.39, 0.29) is 0 Å². The van der Waals surface area contributed by atoms with E-state index in [9.17, 15) is 8.78 Å². The highest BCUT2D eigenvalue weighted by Crippen LogP contribution is 2.60. The minimum absolute atomic E-state index is 0.725. The molecular weight excluding hydrogens is 354 g/mol. The maximum absolute atomic E-state index is 14.5. The van der Waals surface area contributed by atoms with Crippen LogP contribution in [0.3, 0.4) is 0 Å².